The van der Waals surface area contributed by atoms with Crippen molar-refractivity contribution >= 4 is 23.0 Å². The smallest absolute Gasteiger partial charge is 0.311 e. The molecule has 8 heteroatoms. The van der Waals surface area contributed by atoms with Gasteiger partial charge in [-0.25, -0.2) is 0 Å². The number of anilines is 2. The molecule has 1 aliphatic rings. The summed E-state index contributed by atoms with van der Waals surface area (Å²) in [4.78, 5) is 25.5. The third kappa shape index (κ3) is 3.10. The molecule has 2 N–H and O–H groups in total. The average molecular weight is 391 g/mol. The fraction of sp³-hybridized carbons (Fsp3) is 0.0952. The molecule has 0 aliphatic carbocycles. The normalized spacial score (nSPS) is 15.4. The first-order chi connectivity index (χ1) is 14.0. The van der Waals surface area contributed by atoms with E-state index in [1.807, 2.05) is 0 Å². The number of carbonyl (C=O) groups is 1. The van der Waals surface area contributed by atoms with E-state index in [1.54, 1.807) is 54.6 Å². The maximum absolute atomic E-state index is 13.4. The Morgan fingerprint density at radius 3 is 2.59 bits per heavy atom. The van der Waals surface area contributed by atoms with Gasteiger partial charge >= 0.3 is 5.69 Å². The Hall–Kier alpha value is -4.07. The Labute approximate surface area is 166 Å². The van der Waals surface area contributed by atoms with Crippen molar-refractivity contribution in [1.82, 2.24) is 0 Å². The minimum absolute atomic E-state index is 0.274. The Morgan fingerprint density at radius 2 is 1.83 bits per heavy atom. The highest BCUT2D eigenvalue weighted by Crippen LogP contribution is 2.41. The van der Waals surface area contributed by atoms with Gasteiger partial charge in [0.05, 0.1) is 23.3 Å². The van der Waals surface area contributed by atoms with Gasteiger partial charge in [0.15, 0.2) is 5.75 Å². The Kier molecular flexibility index (Phi) is 4.52. The van der Waals surface area contributed by atoms with Gasteiger partial charge in [0.2, 0.25) is 0 Å². The molecular weight excluding hydrogens is 374 g/mol. The summed E-state index contributed by atoms with van der Waals surface area (Å²) in [5.41, 5.74) is 1.62. The van der Waals surface area contributed by atoms with E-state index in [0.717, 1.165) is 0 Å². The molecule has 3 aromatic rings. The third-order valence-electron chi connectivity index (χ3n) is 4.78. The van der Waals surface area contributed by atoms with Gasteiger partial charge in [-0.15, -0.1) is 0 Å². The van der Waals surface area contributed by atoms with Crippen LogP contribution in [0.2, 0.25) is 0 Å². The summed E-state index contributed by atoms with van der Waals surface area (Å²) in [5, 5.41) is 24.4. The lowest BCUT2D eigenvalue weighted by atomic mass is 10.0. The van der Waals surface area contributed by atoms with Crippen LogP contribution in [0.5, 0.6) is 11.5 Å². The number of carbonyl (C=O) groups excluding carboxylic acids is 1. The van der Waals surface area contributed by atoms with E-state index >= 15 is 0 Å². The van der Waals surface area contributed by atoms with Crippen LogP contribution in [0.25, 0.3) is 0 Å². The van der Waals surface area contributed by atoms with Crippen molar-refractivity contribution in [3.05, 3.63) is 88.0 Å². The van der Waals surface area contributed by atoms with Crippen LogP contribution in [-0.2, 0) is 0 Å². The maximum Gasteiger partial charge on any atom is 0.311 e. The molecule has 0 radical (unpaired) electrons. The summed E-state index contributed by atoms with van der Waals surface area (Å²) in [7, 11) is 1.51. The lowest BCUT2D eigenvalue weighted by molar-refractivity contribution is -0.385. The van der Waals surface area contributed by atoms with Gasteiger partial charge in [-0.05, 0) is 30.3 Å². The number of hydrogen-bond donors (Lipinski definition) is 2. The molecular formula is C21H17N3O5. The number of aromatic hydroxyl groups is 1. The number of fused-ring (bicyclic) bond motifs is 1. The second kappa shape index (κ2) is 7.16. The first-order valence-corrected chi connectivity index (χ1v) is 8.80. The van der Waals surface area contributed by atoms with Crippen LogP contribution in [-0.4, -0.2) is 23.0 Å². The lowest BCUT2D eigenvalue weighted by Crippen LogP contribution is -2.43. The zero-order valence-corrected chi connectivity index (χ0v) is 15.4. The topological polar surface area (TPSA) is 105 Å². The fourth-order valence-electron chi connectivity index (χ4n) is 3.42. The van der Waals surface area contributed by atoms with Crippen molar-refractivity contribution in [2.45, 2.75) is 6.17 Å². The fourth-order valence-corrected chi connectivity index (χ4v) is 3.42. The minimum Gasteiger partial charge on any atom is -0.502 e. The standard InChI is InChI=1S/C21H17N3O5/c1-29-19-9-5-4-8-16(19)23-20(13-10-11-18(25)17(12-13)24(27)28)22-15-7-3-2-6-14(15)21(23)26/h2-12,20,22,25H,1H3/t20-/m1/s1. The molecule has 0 fully saturated rings. The van der Waals surface area contributed by atoms with E-state index in [0.29, 0.717) is 28.3 Å². The minimum atomic E-state index is -0.743. The number of benzene rings is 3. The largest absolute Gasteiger partial charge is 0.502 e. The number of nitrogens with one attached hydrogen (secondary N) is 1. The molecule has 1 atom stereocenters. The van der Waals surface area contributed by atoms with Crippen LogP contribution < -0.4 is 15.0 Å². The zero-order chi connectivity index (χ0) is 20.5. The molecule has 3 aromatic carbocycles. The molecule has 4 rings (SSSR count). The number of nitrogens with zero attached hydrogens (tertiary/aromatic N) is 2. The van der Waals surface area contributed by atoms with Crippen molar-refractivity contribution in [1.29, 1.82) is 0 Å². The number of methoxy groups -OCH3 is 1. The Morgan fingerprint density at radius 1 is 1.10 bits per heavy atom. The Bertz CT molecular complexity index is 1110. The van der Waals surface area contributed by atoms with E-state index < -0.39 is 22.5 Å². The second-order valence-electron chi connectivity index (χ2n) is 6.44. The van der Waals surface area contributed by atoms with E-state index in [1.165, 1.54) is 24.1 Å². The number of para-hydroxylation sites is 3. The number of rotatable bonds is 4. The molecule has 0 aromatic heterocycles. The molecule has 0 saturated carbocycles. The van der Waals surface area contributed by atoms with Gasteiger partial charge in [-0.1, -0.05) is 30.3 Å². The van der Waals surface area contributed by atoms with E-state index in [2.05, 4.69) is 5.32 Å². The second-order valence-corrected chi connectivity index (χ2v) is 6.44. The van der Waals surface area contributed by atoms with Gasteiger partial charge in [-0.2, -0.15) is 0 Å². The summed E-state index contributed by atoms with van der Waals surface area (Å²) in [6.45, 7) is 0. The number of nitro benzene ring substituents is 1. The average Bonchev–Trinajstić information content (AvgIpc) is 2.74. The van der Waals surface area contributed by atoms with Gasteiger partial charge in [0.25, 0.3) is 5.91 Å². The first kappa shape index (κ1) is 18.3. The van der Waals surface area contributed by atoms with Crippen LogP contribution in [0.15, 0.2) is 66.7 Å². The predicted molar refractivity (Wildman–Crippen MR) is 107 cm³/mol. The van der Waals surface area contributed by atoms with Gasteiger partial charge in [-0.3, -0.25) is 19.8 Å². The summed E-state index contributed by atoms with van der Waals surface area (Å²) in [5.74, 6) is -0.227. The summed E-state index contributed by atoms with van der Waals surface area (Å²) >= 11 is 0. The number of ether oxygens (including phenoxy) is 1. The highest BCUT2D eigenvalue weighted by Gasteiger charge is 2.36. The molecule has 0 bridgehead atoms. The predicted octanol–water partition coefficient (Wildman–Crippen LogP) is 4.08. The highest BCUT2D eigenvalue weighted by atomic mass is 16.6. The number of phenolic OH excluding ortho intramolecular Hbond substituents is 1. The molecule has 0 unspecified atom stereocenters. The number of phenols is 1. The van der Waals surface area contributed by atoms with Crippen molar-refractivity contribution in [2.24, 2.45) is 0 Å². The number of amides is 1. The molecule has 0 spiro atoms. The molecule has 0 saturated heterocycles. The van der Waals surface area contributed by atoms with E-state index in [9.17, 15) is 20.0 Å². The molecule has 29 heavy (non-hydrogen) atoms. The molecule has 1 amide bonds. The van der Waals surface area contributed by atoms with Crippen LogP contribution in [0.4, 0.5) is 17.1 Å². The van der Waals surface area contributed by atoms with Crippen LogP contribution >= 0.6 is 0 Å². The van der Waals surface area contributed by atoms with Crippen LogP contribution in [0.1, 0.15) is 22.1 Å². The van der Waals surface area contributed by atoms with Gasteiger partial charge < -0.3 is 15.2 Å². The van der Waals surface area contributed by atoms with Gasteiger partial charge in [0.1, 0.15) is 11.9 Å². The van der Waals surface area contributed by atoms with E-state index in [4.69, 9.17) is 4.74 Å². The third-order valence-corrected chi connectivity index (χ3v) is 4.78. The molecule has 8 nitrogen and oxygen atoms in total. The summed E-state index contributed by atoms with van der Waals surface area (Å²) < 4.78 is 5.43. The zero-order valence-electron chi connectivity index (χ0n) is 15.4. The van der Waals surface area contributed by atoms with Crippen molar-refractivity contribution in [2.75, 3.05) is 17.3 Å². The number of hydrogen-bond acceptors (Lipinski definition) is 6. The first-order valence-electron chi connectivity index (χ1n) is 8.80. The number of nitro groups is 1. The lowest BCUT2D eigenvalue weighted by Gasteiger charge is -2.38. The van der Waals surface area contributed by atoms with Crippen molar-refractivity contribution < 1.29 is 19.6 Å². The van der Waals surface area contributed by atoms with Crippen LogP contribution in [0.3, 0.4) is 0 Å². The van der Waals surface area contributed by atoms with Gasteiger partial charge in [0, 0.05) is 17.3 Å². The molecule has 146 valence electrons. The van der Waals surface area contributed by atoms with E-state index in [-0.39, 0.29) is 5.91 Å². The monoisotopic (exact) mass is 391 g/mol. The quantitative estimate of drug-likeness (QED) is 0.513. The molecule has 1 heterocycles. The maximum atomic E-state index is 13.4. The van der Waals surface area contributed by atoms with Crippen molar-refractivity contribution in [3.63, 3.8) is 0 Å². The van der Waals surface area contributed by atoms with Crippen molar-refractivity contribution in [3.8, 4) is 11.5 Å². The Balaban J connectivity index is 1.91. The molecule has 1 aliphatic heterocycles. The highest BCUT2D eigenvalue weighted by molar-refractivity contribution is 6.12. The SMILES string of the molecule is COc1ccccc1N1C(=O)c2ccccc2N[C@H]1c1ccc(O)c([N+](=O)[O-])c1. The summed E-state index contributed by atoms with van der Waals surface area (Å²) in [6, 6.07) is 18.2. The van der Waals surface area contributed by atoms with Crippen LogP contribution in [0, 0.1) is 10.1 Å². The summed E-state index contributed by atoms with van der Waals surface area (Å²) in [6.07, 6.45) is -0.743.